The molecule has 3 saturated carbocycles. The minimum atomic E-state index is -0.0602. The van der Waals surface area contributed by atoms with Crippen molar-refractivity contribution in [3.8, 4) is 0 Å². The Morgan fingerprint density at radius 3 is 2.61 bits per heavy atom. The van der Waals surface area contributed by atoms with Crippen molar-refractivity contribution in [2.24, 2.45) is 34.5 Å². The Bertz CT molecular complexity index is 593. The van der Waals surface area contributed by atoms with Gasteiger partial charge in [-0.15, -0.1) is 0 Å². The number of rotatable bonds is 0. The maximum absolute atomic E-state index is 13.1. The van der Waals surface area contributed by atoms with Crippen LogP contribution < -0.4 is 0 Å². The van der Waals surface area contributed by atoms with Crippen LogP contribution in [0.5, 0.6) is 0 Å². The summed E-state index contributed by atoms with van der Waals surface area (Å²) in [5.74, 6) is 3.55. The van der Waals surface area contributed by atoms with Gasteiger partial charge in [0, 0.05) is 5.41 Å². The Morgan fingerprint density at radius 1 is 1.09 bits per heavy atom. The highest BCUT2D eigenvalue weighted by Gasteiger charge is 2.60. The van der Waals surface area contributed by atoms with E-state index in [1.807, 2.05) is 0 Å². The van der Waals surface area contributed by atoms with Crippen LogP contribution in [0.25, 0.3) is 0 Å². The van der Waals surface area contributed by atoms with E-state index in [2.05, 4.69) is 39.8 Å². The summed E-state index contributed by atoms with van der Waals surface area (Å²) in [7, 11) is 0. The first-order valence-corrected chi connectivity index (χ1v) is 9.77. The minimum Gasteiger partial charge on any atom is -0.294 e. The fourth-order valence-corrected chi connectivity index (χ4v) is 6.89. The lowest BCUT2D eigenvalue weighted by molar-refractivity contribution is -0.132. The normalized spacial score (nSPS) is 48.7. The molecule has 0 aliphatic heterocycles. The molecule has 0 saturated heterocycles. The third-order valence-electron chi connectivity index (χ3n) is 8.33. The molecule has 23 heavy (non-hydrogen) atoms. The van der Waals surface area contributed by atoms with E-state index in [1.54, 1.807) is 0 Å². The average Bonchev–Trinajstić information content (AvgIpc) is 2.79. The molecule has 3 fully saturated rings. The number of fused-ring (bicyclic) bond motifs is 5. The van der Waals surface area contributed by atoms with Crippen molar-refractivity contribution < 1.29 is 4.79 Å². The van der Waals surface area contributed by atoms with Gasteiger partial charge in [-0.05, 0) is 93.5 Å². The first-order valence-electron chi connectivity index (χ1n) is 9.77. The molecular weight excluding hydrogens is 280 g/mol. The Balaban J connectivity index is 1.72. The molecule has 4 aliphatic carbocycles. The van der Waals surface area contributed by atoms with Crippen LogP contribution in [0.3, 0.4) is 0 Å². The molecule has 126 valence electrons. The molecule has 4 aliphatic rings. The molecule has 0 spiro atoms. The molecule has 0 amide bonds. The van der Waals surface area contributed by atoms with Crippen molar-refractivity contribution >= 4 is 5.78 Å². The van der Waals surface area contributed by atoms with Gasteiger partial charge in [-0.2, -0.15) is 0 Å². The number of carbonyl (C=O) groups excluding carboxylic acids is 1. The van der Waals surface area contributed by atoms with Crippen LogP contribution in [-0.4, -0.2) is 5.78 Å². The minimum absolute atomic E-state index is 0.0602. The van der Waals surface area contributed by atoms with Gasteiger partial charge in [0.25, 0.3) is 0 Å². The lowest BCUT2D eigenvalue weighted by Crippen LogP contribution is -2.51. The predicted octanol–water partition coefficient (Wildman–Crippen LogP) is 5.71. The zero-order valence-electron chi connectivity index (χ0n) is 15.3. The van der Waals surface area contributed by atoms with E-state index in [-0.39, 0.29) is 5.41 Å². The van der Waals surface area contributed by atoms with Crippen LogP contribution in [0, 0.1) is 34.5 Å². The lowest BCUT2D eigenvalue weighted by Gasteiger charge is -2.57. The van der Waals surface area contributed by atoms with E-state index >= 15 is 0 Å². The monoisotopic (exact) mass is 312 g/mol. The first kappa shape index (κ1) is 15.7. The van der Waals surface area contributed by atoms with Crippen LogP contribution in [-0.2, 0) is 4.79 Å². The second-order valence-corrected chi connectivity index (χ2v) is 9.46. The van der Waals surface area contributed by atoms with Gasteiger partial charge in [0.15, 0.2) is 5.78 Å². The van der Waals surface area contributed by atoms with Crippen LogP contribution in [0.2, 0.25) is 0 Å². The highest BCUT2D eigenvalue weighted by molar-refractivity contribution is 6.03. The van der Waals surface area contributed by atoms with Gasteiger partial charge in [-0.25, -0.2) is 0 Å². The first-order chi connectivity index (χ1) is 10.9. The Labute approximate surface area is 141 Å². The summed E-state index contributed by atoms with van der Waals surface area (Å²) in [6.07, 6.45) is 13.8. The van der Waals surface area contributed by atoms with Crippen molar-refractivity contribution in [3.05, 3.63) is 23.3 Å². The lowest BCUT2D eigenvalue weighted by atomic mass is 9.46. The summed E-state index contributed by atoms with van der Waals surface area (Å²) in [5, 5.41) is 0. The Kier molecular flexibility index (Phi) is 3.45. The molecule has 6 atom stereocenters. The van der Waals surface area contributed by atoms with Crippen LogP contribution in [0.4, 0.5) is 0 Å². The summed E-state index contributed by atoms with van der Waals surface area (Å²) in [6.45, 7) is 9.09. The van der Waals surface area contributed by atoms with Gasteiger partial charge < -0.3 is 0 Å². The van der Waals surface area contributed by atoms with Crippen LogP contribution in [0.15, 0.2) is 23.3 Å². The van der Waals surface area contributed by atoms with Gasteiger partial charge in [-0.3, -0.25) is 4.79 Å². The summed E-state index contributed by atoms with van der Waals surface area (Å²) in [4.78, 5) is 13.1. The SMILES string of the molecule is CC(C)=C1C[C@H]2[C@@H]3CCC4CCC=C[C@]4(C)[C@@H]3CC[C@]2(C)C1=O. The topological polar surface area (TPSA) is 17.1 Å². The molecule has 1 unspecified atom stereocenters. The van der Waals surface area contributed by atoms with Crippen molar-refractivity contribution in [1.82, 2.24) is 0 Å². The predicted molar refractivity (Wildman–Crippen MR) is 95.0 cm³/mol. The molecule has 4 rings (SSSR count). The smallest absolute Gasteiger partial charge is 0.164 e. The van der Waals surface area contributed by atoms with Crippen LogP contribution >= 0.6 is 0 Å². The number of hydrogen-bond acceptors (Lipinski definition) is 1. The second kappa shape index (κ2) is 5.07. The standard InChI is InChI=1S/C22H32O/c1-14(2)17-13-19-16-9-8-15-7-5-6-11-21(15,3)18(16)10-12-22(19,4)20(17)23/h6,11,15-16,18-19H,5,7-10,12-13H2,1-4H3/t15?,16-,18-,19+,21+,22+/m1/s1. The summed E-state index contributed by atoms with van der Waals surface area (Å²) in [5.41, 5.74) is 2.78. The number of carbonyl (C=O) groups is 1. The average molecular weight is 312 g/mol. The van der Waals surface area contributed by atoms with Crippen molar-refractivity contribution in [2.75, 3.05) is 0 Å². The van der Waals surface area contributed by atoms with Gasteiger partial charge in [0.1, 0.15) is 0 Å². The highest BCUT2D eigenvalue weighted by Crippen LogP contribution is 2.65. The fourth-order valence-electron chi connectivity index (χ4n) is 6.89. The van der Waals surface area contributed by atoms with Gasteiger partial charge in [-0.1, -0.05) is 31.6 Å². The molecule has 0 aromatic carbocycles. The maximum atomic E-state index is 13.1. The molecule has 0 bridgehead atoms. The fraction of sp³-hybridized carbons (Fsp3) is 0.773. The quantitative estimate of drug-likeness (QED) is 0.413. The molecule has 0 N–H and O–H groups in total. The number of Topliss-reactive ketones (excluding diaryl/α,β-unsaturated/α-hetero) is 1. The number of ketones is 1. The van der Waals surface area contributed by atoms with Gasteiger partial charge >= 0.3 is 0 Å². The molecule has 0 aromatic heterocycles. The van der Waals surface area contributed by atoms with E-state index < -0.39 is 0 Å². The number of hydrogen-bond donors (Lipinski definition) is 0. The Hall–Kier alpha value is -0.850. The van der Waals surface area contributed by atoms with E-state index in [1.165, 1.54) is 43.3 Å². The highest BCUT2D eigenvalue weighted by atomic mass is 16.1. The Morgan fingerprint density at radius 2 is 1.87 bits per heavy atom. The third-order valence-corrected chi connectivity index (χ3v) is 8.33. The zero-order chi connectivity index (χ0) is 16.4. The van der Waals surface area contributed by atoms with Crippen molar-refractivity contribution in [1.29, 1.82) is 0 Å². The maximum Gasteiger partial charge on any atom is 0.164 e. The summed E-state index contributed by atoms with van der Waals surface area (Å²) in [6, 6.07) is 0. The number of allylic oxidation sites excluding steroid dienone is 4. The third kappa shape index (κ3) is 2.01. The van der Waals surface area contributed by atoms with Crippen LogP contribution in [0.1, 0.15) is 72.6 Å². The van der Waals surface area contributed by atoms with Crippen molar-refractivity contribution in [2.45, 2.75) is 72.6 Å². The largest absolute Gasteiger partial charge is 0.294 e. The van der Waals surface area contributed by atoms with E-state index in [4.69, 9.17) is 0 Å². The molecule has 0 radical (unpaired) electrons. The molecule has 1 heteroatoms. The van der Waals surface area contributed by atoms with Gasteiger partial charge in [0.2, 0.25) is 0 Å². The van der Waals surface area contributed by atoms with E-state index in [9.17, 15) is 4.79 Å². The molecular formula is C22H32O. The molecule has 1 nitrogen and oxygen atoms in total. The molecule has 0 heterocycles. The second-order valence-electron chi connectivity index (χ2n) is 9.46. The molecule has 0 aromatic rings. The summed E-state index contributed by atoms with van der Waals surface area (Å²) >= 11 is 0. The van der Waals surface area contributed by atoms with E-state index in [0.29, 0.717) is 17.1 Å². The van der Waals surface area contributed by atoms with Crippen molar-refractivity contribution in [3.63, 3.8) is 0 Å². The summed E-state index contributed by atoms with van der Waals surface area (Å²) < 4.78 is 0. The zero-order valence-corrected chi connectivity index (χ0v) is 15.3. The van der Waals surface area contributed by atoms with Gasteiger partial charge in [0.05, 0.1) is 0 Å². The van der Waals surface area contributed by atoms with E-state index in [0.717, 1.165) is 30.6 Å².